The molecule has 0 bridgehead atoms. The largest absolute Gasteiger partial charge is 0.492 e. The zero-order chi connectivity index (χ0) is 37.0. The fraction of sp³-hybridized carbons (Fsp3) is 0.222. The molecule has 12 nitrogen and oxygen atoms in total. The van der Waals surface area contributed by atoms with Gasteiger partial charge in [-0.1, -0.05) is 12.1 Å². The Balaban J connectivity index is 1.64. The van der Waals surface area contributed by atoms with E-state index >= 15 is 0 Å². The molecule has 1 fully saturated rings. The summed E-state index contributed by atoms with van der Waals surface area (Å²) in [6.45, 7) is -0.490. The van der Waals surface area contributed by atoms with Crippen molar-refractivity contribution in [2.45, 2.75) is 35.9 Å². The molecule has 4 N–H and O–H groups in total. The van der Waals surface area contributed by atoms with Crippen molar-refractivity contribution in [2.75, 3.05) is 10.8 Å². The van der Waals surface area contributed by atoms with Crippen molar-refractivity contribution in [1.82, 2.24) is 19.2 Å². The van der Waals surface area contributed by atoms with E-state index in [1.807, 2.05) is 4.72 Å². The van der Waals surface area contributed by atoms with Crippen molar-refractivity contribution in [1.29, 1.82) is 0 Å². The Hall–Kier alpha value is -4.58. The molecule has 5 rings (SSSR count). The van der Waals surface area contributed by atoms with Crippen LogP contribution in [0, 0.1) is 0 Å². The molecule has 4 aromatic rings. The molecule has 1 aromatic heterocycles. The normalized spacial score (nSPS) is 16.8. The second-order valence-electron chi connectivity index (χ2n) is 10.5. The maximum atomic E-state index is 13.8. The van der Waals surface area contributed by atoms with Crippen LogP contribution in [0.4, 0.5) is 45.2 Å². The van der Waals surface area contributed by atoms with Gasteiger partial charge in [0.15, 0.2) is 0 Å². The van der Waals surface area contributed by atoms with Gasteiger partial charge in [0, 0.05) is 0 Å². The number of carbonyl (C=O) groups excluding carboxylic acids is 2. The molecule has 0 saturated carbocycles. The smallest absolute Gasteiger partial charge is 0.344 e. The monoisotopic (exact) mass is 761 g/mol. The summed E-state index contributed by atoms with van der Waals surface area (Å²) in [6, 6.07) is 6.05. The van der Waals surface area contributed by atoms with Gasteiger partial charge in [0.25, 0.3) is 15.9 Å². The third kappa shape index (κ3) is 7.60. The molecule has 1 atom stereocenters. The number of imidazole rings is 1. The van der Waals surface area contributed by atoms with E-state index in [1.54, 1.807) is 0 Å². The Morgan fingerprint density at radius 1 is 0.920 bits per heavy atom. The number of rotatable bonds is 8. The van der Waals surface area contributed by atoms with Crippen molar-refractivity contribution >= 4 is 49.6 Å². The first-order chi connectivity index (χ1) is 23.0. The van der Waals surface area contributed by atoms with Crippen molar-refractivity contribution in [3.8, 4) is 0 Å². The van der Waals surface area contributed by atoms with Crippen LogP contribution in [0.3, 0.4) is 0 Å². The van der Waals surface area contributed by atoms with Crippen LogP contribution in [0.15, 0.2) is 71.6 Å². The maximum absolute atomic E-state index is 13.8. The lowest BCUT2D eigenvalue weighted by atomic mass is 10.1. The van der Waals surface area contributed by atoms with Crippen LogP contribution in [0.25, 0.3) is 11.0 Å². The minimum Gasteiger partial charge on any atom is -0.344 e. The fourth-order valence-electron chi connectivity index (χ4n) is 4.69. The van der Waals surface area contributed by atoms with Gasteiger partial charge >= 0.3 is 24.5 Å². The van der Waals surface area contributed by atoms with Gasteiger partial charge in [-0.05, 0) is 82.0 Å². The van der Waals surface area contributed by atoms with Crippen LogP contribution in [0.1, 0.15) is 28.6 Å². The first-order valence-electron chi connectivity index (χ1n) is 13.5. The lowest BCUT2D eigenvalue weighted by Crippen LogP contribution is -2.42. The number of aromatic amines is 1. The summed E-state index contributed by atoms with van der Waals surface area (Å²) in [7, 11) is -9.32. The molecule has 0 radical (unpaired) electrons. The van der Waals surface area contributed by atoms with Crippen molar-refractivity contribution in [2.24, 2.45) is 0 Å². The Morgan fingerprint density at radius 2 is 1.50 bits per heavy atom. The highest BCUT2D eigenvalue weighted by Crippen LogP contribution is 2.46. The van der Waals surface area contributed by atoms with E-state index in [4.69, 9.17) is 0 Å². The van der Waals surface area contributed by atoms with Crippen LogP contribution >= 0.6 is 11.0 Å². The van der Waals surface area contributed by atoms with Crippen LogP contribution in [0.2, 0.25) is 0 Å². The third-order valence-electron chi connectivity index (χ3n) is 7.02. The number of carbonyl (C=O) groups is 2. The quantitative estimate of drug-likeness (QED) is 0.122. The topological polar surface area (TPSA) is 165 Å². The Labute approximate surface area is 276 Å². The lowest BCUT2D eigenvalue weighted by Gasteiger charge is -2.36. The zero-order valence-corrected chi connectivity index (χ0v) is 26.0. The van der Waals surface area contributed by atoms with Gasteiger partial charge < -0.3 is 9.82 Å². The first-order valence-corrected chi connectivity index (χ1v) is 16.4. The van der Waals surface area contributed by atoms with Crippen molar-refractivity contribution < 1.29 is 71.5 Å². The molecule has 0 spiro atoms. The number of benzene rings is 3. The van der Waals surface area contributed by atoms with Gasteiger partial charge in [0.1, 0.15) is 18.4 Å². The summed E-state index contributed by atoms with van der Waals surface area (Å²) in [6.07, 6.45) is -16.4. The molecule has 1 aliphatic rings. The summed E-state index contributed by atoms with van der Waals surface area (Å²) in [4.78, 5) is 33.5. The number of amides is 1. The highest BCUT2D eigenvalue weighted by molar-refractivity contribution is 8.24. The number of halogens is 9. The number of alkyl halides is 9. The van der Waals surface area contributed by atoms with Crippen LogP contribution < -0.4 is 9.03 Å². The number of hydroxylamine groups is 1. The number of fused-ring (bicyclic) bond motifs is 1. The van der Waals surface area contributed by atoms with Gasteiger partial charge in [0.05, 0.1) is 32.7 Å². The molecule has 50 heavy (non-hydrogen) atoms. The van der Waals surface area contributed by atoms with E-state index in [-0.39, 0.29) is 22.3 Å². The number of nitrogens with zero attached hydrogens (tertiary/aromatic N) is 3. The summed E-state index contributed by atoms with van der Waals surface area (Å²) in [5, 5.41) is 0. The van der Waals surface area contributed by atoms with Gasteiger partial charge in [-0.3, -0.25) is 13.9 Å². The number of anilines is 1. The lowest BCUT2D eigenvalue weighted by molar-refractivity contribution is -0.227. The summed E-state index contributed by atoms with van der Waals surface area (Å²) < 4.78 is 170. The predicted molar refractivity (Wildman–Crippen MR) is 155 cm³/mol. The molecule has 1 saturated heterocycles. The highest BCUT2D eigenvalue weighted by atomic mass is 32.3. The maximum Gasteiger partial charge on any atom is 0.492 e. The molecular formula is C27H20F9N5O7S2. The minimum absolute atomic E-state index is 0.0147. The number of hydrogen-bond donors (Lipinski definition) is 4. The molecule has 1 unspecified atom stereocenters. The van der Waals surface area contributed by atoms with Crippen LogP contribution in [-0.4, -0.2) is 56.6 Å². The Bertz CT molecular complexity index is 2030. The molecule has 2 heterocycles. The summed E-state index contributed by atoms with van der Waals surface area (Å²) in [5.74, 6) is -4.49. The number of hydrogen-bond acceptors (Lipinski definition) is 9. The molecular weight excluding hydrogens is 741 g/mol. The molecule has 23 heteroatoms. The summed E-state index contributed by atoms with van der Waals surface area (Å²) in [5.41, 5.74) is -3.09. The van der Waals surface area contributed by atoms with Crippen LogP contribution in [0.5, 0.6) is 0 Å². The van der Waals surface area contributed by atoms with E-state index in [9.17, 15) is 66.6 Å². The minimum atomic E-state index is -5.82. The second-order valence-corrected chi connectivity index (χ2v) is 13.9. The van der Waals surface area contributed by atoms with E-state index in [2.05, 4.69) is 14.8 Å². The molecule has 270 valence electrons. The van der Waals surface area contributed by atoms with Crippen LogP contribution in [-0.2, 0) is 43.2 Å². The second kappa shape index (κ2) is 12.6. The Kier molecular flexibility index (Phi) is 9.27. The van der Waals surface area contributed by atoms with Gasteiger partial charge in [-0.25, -0.2) is 27.2 Å². The number of H-pyrrole nitrogens is 1. The SMILES string of the molecule is O=C1CN(c2ccc(CC(c3nc4ccc(C(F)(F)F)cc4[nH]3)N(OC(=O)C(F)(F)F)S(=O)(=O)c3ccc(C(F)(F)F)cc3)cc2)S(O)(O)N1. The van der Waals surface area contributed by atoms with E-state index in [0.717, 1.165) is 10.4 Å². The Morgan fingerprint density at radius 3 is 2.02 bits per heavy atom. The highest BCUT2D eigenvalue weighted by Gasteiger charge is 2.47. The van der Waals surface area contributed by atoms with Gasteiger partial charge in [-0.2, -0.15) is 39.5 Å². The molecule has 1 amide bonds. The summed E-state index contributed by atoms with van der Waals surface area (Å²) >= 11 is 0. The van der Waals surface area contributed by atoms with Crippen molar-refractivity contribution in [3.63, 3.8) is 0 Å². The number of nitrogens with one attached hydrogen (secondary N) is 2. The van der Waals surface area contributed by atoms with Gasteiger partial charge in [-0.15, -0.1) is 0 Å². The molecule has 3 aromatic carbocycles. The molecule has 0 aliphatic carbocycles. The average Bonchev–Trinajstić information content (AvgIpc) is 3.56. The van der Waals surface area contributed by atoms with E-state index in [0.29, 0.717) is 36.4 Å². The third-order valence-corrected chi connectivity index (χ3v) is 10.1. The van der Waals surface area contributed by atoms with E-state index in [1.165, 1.54) is 24.3 Å². The van der Waals surface area contributed by atoms with E-state index < -0.39 is 96.7 Å². The standard InChI is InChI=1S/C27H20F9N5O7S2/c28-25(29,30)15-3-8-18(9-4-15)49(44,45)41(48-24(43)27(34,35)36)21(23-37-19-10-5-16(26(31,32)33)12-20(19)38-23)11-14-1-6-17(7-2-14)40-13-22(42)39-50(40,46)47/h1-10,12,21,46-47H,11,13H2,(H,37,38)(H,39,42). The van der Waals surface area contributed by atoms with Crippen molar-refractivity contribution in [3.05, 3.63) is 89.2 Å². The zero-order valence-electron chi connectivity index (χ0n) is 24.3. The first kappa shape index (κ1) is 36.7. The average molecular weight is 762 g/mol. The molecule has 1 aliphatic heterocycles. The van der Waals surface area contributed by atoms with Gasteiger partial charge in [0.2, 0.25) is 0 Å². The number of aromatic nitrogens is 2. The number of sulfonamides is 1. The predicted octanol–water partition coefficient (Wildman–Crippen LogP) is 6.11. The fourth-order valence-corrected chi connectivity index (χ4v) is 7.24.